The molecular weight excluding hydrogens is 380 g/mol. The maximum absolute atomic E-state index is 13.1. The Hall–Kier alpha value is -2.39. The summed E-state index contributed by atoms with van der Waals surface area (Å²) in [5.41, 5.74) is 0.946. The van der Waals surface area contributed by atoms with Crippen molar-refractivity contribution >= 4 is 15.8 Å². The molecule has 1 aromatic heterocycles. The summed E-state index contributed by atoms with van der Waals surface area (Å²) in [7, 11) is 0.205. The van der Waals surface area contributed by atoms with Crippen molar-refractivity contribution in [2.24, 2.45) is 0 Å². The summed E-state index contributed by atoms with van der Waals surface area (Å²) in [5.74, 6) is 1.92. The van der Waals surface area contributed by atoms with E-state index in [-0.39, 0.29) is 6.10 Å². The number of nitrogens with zero attached hydrogens (tertiary/aromatic N) is 4. The van der Waals surface area contributed by atoms with Gasteiger partial charge in [-0.05, 0) is 42.7 Å². The van der Waals surface area contributed by atoms with Crippen molar-refractivity contribution in [2.75, 3.05) is 38.7 Å². The predicted molar refractivity (Wildman–Crippen MR) is 104 cm³/mol. The van der Waals surface area contributed by atoms with Gasteiger partial charge in [-0.15, -0.1) is 10.2 Å². The van der Waals surface area contributed by atoms with E-state index in [0.29, 0.717) is 30.5 Å². The van der Waals surface area contributed by atoms with Gasteiger partial charge in [0.25, 0.3) is 0 Å². The fourth-order valence-electron chi connectivity index (χ4n) is 3.48. The molecule has 0 radical (unpaired) electrons. The largest absolute Gasteiger partial charge is 0.493 e. The zero-order valence-electron chi connectivity index (χ0n) is 16.0. The molecule has 9 heteroatoms. The first-order chi connectivity index (χ1) is 13.4. The minimum Gasteiger partial charge on any atom is -0.493 e. The molecule has 1 saturated heterocycles. The van der Waals surface area contributed by atoms with Crippen LogP contribution >= 0.6 is 0 Å². The summed E-state index contributed by atoms with van der Waals surface area (Å²) >= 11 is 0. The second kappa shape index (κ2) is 7.56. The van der Waals surface area contributed by atoms with Gasteiger partial charge in [-0.2, -0.15) is 4.31 Å². The fourth-order valence-corrected chi connectivity index (χ4v) is 5.04. The highest BCUT2D eigenvalue weighted by atomic mass is 32.2. The number of rotatable bonds is 5. The number of anilines is 1. The molecule has 2 aliphatic rings. The van der Waals surface area contributed by atoms with E-state index in [1.807, 2.05) is 25.1 Å². The van der Waals surface area contributed by atoms with Gasteiger partial charge in [0.15, 0.2) is 5.82 Å². The molecule has 0 saturated carbocycles. The highest BCUT2D eigenvalue weighted by Crippen LogP contribution is 2.30. The van der Waals surface area contributed by atoms with Gasteiger partial charge < -0.3 is 14.4 Å². The molecule has 0 spiro atoms. The third kappa shape index (κ3) is 3.77. The molecule has 0 amide bonds. The quantitative estimate of drug-likeness (QED) is 0.750. The molecule has 28 heavy (non-hydrogen) atoms. The van der Waals surface area contributed by atoms with Crippen molar-refractivity contribution in [2.45, 2.75) is 30.3 Å². The number of sulfonamides is 1. The highest BCUT2D eigenvalue weighted by molar-refractivity contribution is 7.89. The Morgan fingerprint density at radius 2 is 2.07 bits per heavy atom. The van der Waals surface area contributed by atoms with Crippen LogP contribution in [0.5, 0.6) is 11.6 Å². The van der Waals surface area contributed by atoms with Crippen molar-refractivity contribution in [1.82, 2.24) is 14.5 Å². The third-order valence-electron chi connectivity index (χ3n) is 5.01. The summed E-state index contributed by atoms with van der Waals surface area (Å²) in [6, 6.07) is 8.68. The Morgan fingerprint density at radius 3 is 2.82 bits per heavy atom. The van der Waals surface area contributed by atoms with Gasteiger partial charge in [-0.3, -0.25) is 0 Å². The number of aromatic nitrogens is 2. The van der Waals surface area contributed by atoms with Gasteiger partial charge >= 0.3 is 0 Å². The topological polar surface area (TPSA) is 84.9 Å². The monoisotopic (exact) mass is 404 g/mol. The summed E-state index contributed by atoms with van der Waals surface area (Å²) < 4.78 is 39.1. The number of hydrogen-bond donors (Lipinski definition) is 0. The van der Waals surface area contributed by atoms with Gasteiger partial charge in [-0.25, -0.2) is 8.42 Å². The van der Waals surface area contributed by atoms with Crippen molar-refractivity contribution in [3.63, 3.8) is 0 Å². The van der Waals surface area contributed by atoms with Gasteiger partial charge in [0.2, 0.25) is 15.9 Å². The van der Waals surface area contributed by atoms with Crippen LogP contribution in [0, 0.1) is 0 Å². The summed E-state index contributed by atoms with van der Waals surface area (Å²) in [6.07, 6.45) is 2.01. The molecule has 8 nitrogen and oxygen atoms in total. The maximum atomic E-state index is 13.1. The Bertz CT molecular complexity index is 947. The first kappa shape index (κ1) is 18.9. The lowest BCUT2D eigenvalue weighted by atomic mass is 10.1. The van der Waals surface area contributed by atoms with Crippen LogP contribution in [0.1, 0.15) is 18.4 Å². The van der Waals surface area contributed by atoms with Crippen LogP contribution in [0.2, 0.25) is 0 Å². The molecule has 1 aromatic carbocycles. The maximum Gasteiger partial charge on any atom is 0.243 e. The molecule has 1 atom stereocenters. The van der Waals surface area contributed by atoms with Crippen molar-refractivity contribution in [3.8, 4) is 11.6 Å². The third-order valence-corrected chi connectivity index (χ3v) is 6.87. The Kier molecular flexibility index (Phi) is 5.11. The van der Waals surface area contributed by atoms with E-state index < -0.39 is 10.0 Å². The van der Waals surface area contributed by atoms with Crippen molar-refractivity contribution in [3.05, 3.63) is 35.9 Å². The molecule has 1 fully saturated rings. The highest BCUT2D eigenvalue weighted by Gasteiger charge is 2.32. The van der Waals surface area contributed by atoms with Crippen LogP contribution in [0.25, 0.3) is 0 Å². The lowest BCUT2D eigenvalue weighted by molar-refractivity contribution is 0.123. The van der Waals surface area contributed by atoms with Gasteiger partial charge in [0, 0.05) is 33.1 Å². The average molecular weight is 404 g/mol. The van der Waals surface area contributed by atoms with E-state index in [1.54, 1.807) is 24.3 Å². The molecule has 1 unspecified atom stereocenters. The van der Waals surface area contributed by atoms with E-state index in [2.05, 4.69) is 10.2 Å². The summed E-state index contributed by atoms with van der Waals surface area (Å²) in [4.78, 5) is 2.17. The number of ether oxygens (including phenoxy) is 2. The van der Waals surface area contributed by atoms with E-state index >= 15 is 0 Å². The lowest BCUT2D eigenvalue weighted by Gasteiger charge is -2.31. The normalized spacial score (nSPS) is 19.7. The molecule has 2 aliphatic heterocycles. The molecule has 0 aliphatic carbocycles. The predicted octanol–water partition coefficient (Wildman–Crippen LogP) is 1.71. The first-order valence-electron chi connectivity index (χ1n) is 9.37. The zero-order valence-corrected chi connectivity index (χ0v) is 16.9. The zero-order chi connectivity index (χ0) is 19.7. The molecule has 0 N–H and O–H groups in total. The van der Waals surface area contributed by atoms with Crippen LogP contribution < -0.4 is 14.4 Å². The van der Waals surface area contributed by atoms with Crippen LogP contribution in [0.15, 0.2) is 35.2 Å². The average Bonchev–Trinajstić information content (AvgIpc) is 3.16. The van der Waals surface area contributed by atoms with E-state index in [1.165, 1.54) is 4.31 Å². The molecule has 4 rings (SSSR count). The fraction of sp³-hybridized carbons (Fsp3) is 0.474. The van der Waals surface area contributed by atoms with Crippen molar-refractivity contribution < 1.29 is 17.9 Å². The van der Waals surface area contributed by atoms with Crippen molar-refractivity contribution in [1.29, 1.82) is 0 Å². The SMILES string of the molecule is CN(C)c1ccc(OC2CCCN(S(=O)(=O)c3ccc4c(c3)CCO4)C2)nn1. The molecule has 150 valence electrons. The van der Waals surface area contributed by atoms with Crippen LogP contribution in [0.3, 0.4) is 0 Å². The smallest absolute Gasteiger partial charge is 0.243 e. The second-order valence-corrected chi connectivity index (χ2v) is 9.18. The Balaban J connectivity index is 1.47. The van der Waals surface area contributed by atoms with Crippen LogP contribution in [-0.2, 0) is 16.4 Å². The summed E-state index contributed by atoms with van der Waals surface area (Å²) in [5, 5.41) is 8.18. The number of piperidine rings is 1. The number of hydrogen-bond acceptors (Lipinski definition) is 7. The van der Waals surface area contributed by atoms with E-state index in [9.17, 15) is 8.42 Å². The Morgan fingerprint density at radius 1 is 1.21 bits per heavy atom. The van der Waals surface area contributed by atoms with E-state index in [4.69, 9.17) is 9.47 Å². The van der Waals surface area contributed by atoms with Gasteiger partial charge in [-0.1, -0.05) is 0 Å². The van der Waals surface area contributed by atoms with Gasteiger partial charge in [0.1, 0.15) is 11.9 Å². The first-order valence-corrected chi connectivity index (χ1v) is 10.8. The molecule has 2 aromatic rings. The molecule has 0 bridgehead atoms. The molecular formula is C19H24N4O4S. The number of benzene rings is 1. The minimum atomic E-state index is -3.57. The number of fused-ring (bicyclic) bond motifs is 1. The van der Waals surface area contributed by atoms with Crippen LogP contribution in [0.4, 0.5) is 5.82 Å². The van der Waals surface area contributed by atoms with Crippen LogP contribution in [-0.4, -0.2) is 62.8 Å². The Labute approximate surface area is 165 Å². The molecule has 3 heterocycles. The standard InChI is InChI=1S/C19H24N4O4S/c1-22(2)18-7-8-19(21-20-18)27-15-4-3-10-23(13-15)28(24,25)16-5-6-17-14(12-16)9-11-26-17/h5-8,12,15H,3-4,9-11,13H2,1-2H3. The second-order valence-electron chi connectivity index (χ2n) is 7.24. The minimum absolute atomic E-state index is 0.249. The van der Waals surface area contributed by atoms with Gasteiger partial charge in [0.05, 0.1) is 18.0 Å². The van der Waals surface area contributed by atoms with E-state index in [0.717, 1.165) is 36.4 Å². The lowest BCUT2D eigenvalue weighted by Crippen LogP contribution is -2.44. The summed E-state index contributed by atoms with van der Waals surface area (Å²) in [6.45, 7) is 1.39.